The molecule has 1 aromatic carbocycles. The van der Waals surface area contributed by atoms with Crippen molar-refractivity contribution in [3.63, 3.8) is 0 Å². The fourth-order valence-corrected chi connectivity index (χ4v) is 1.92. The van der Waals surface area contributed by atoms with E-state index in [4.69, 9.17) is 5.73 Å². The van der Waals surface area contributed by atoms with Gasteiger partial charge in [0.25, 0.3) is 5.91 Å². The Morgan fingerprint density at radius 2 is 2.00 bits per heavy atom. The molecule has 0 aromatic heterocycles. The second kappa shape index (κ2) is 8.92. The Bertz CT molecular complexity index is 483. The van der Waals surface area contributed by atoms with Gasteiger partial charge in [-0.2, -0.15) is 0 Å². The highest BCUT2D eigenvalue weighted by Gasteiger charge is 2.15. The van der Waals surface area contributed by atoms with Gasteiger partial charge in [-0.25, -0.2) is 0 Å². The third kappa shape index (κ3) is 5.39. The number of hydrogen-bond acceptors (Lipinski definition) is 3. The first-order chi connectivity index (χ1) is 10.1. The summed E-state index contributed by atoms with van der Waals surface area (Å²) >= 11 is 0. The molecular formula is C16H23N3O2. The fourth-order valence-electron chi connectivity index (χ4n) is 1.92. The summed E-state index contributed by atoms with van der Waals surface area (Å²) in [7, 11) is 0. The molecule has 0 aliphatic heterocycles. The molecule has 1 aromatic rings. The Labute approximate surface area is 125 Å². The van der Waals surface area contributed by atoms with Gasteiger partial charge in [0.15, 0.2) is 0 Å². The summed E-state index contributed by atoms with van der Waals surface area (Å²) in [6.45, 7) is 6.32. The third-order valence-electron chi connectivity index (χ3n) is 3.11. The lowest BCUT2D eigenvalue weighted by atomic mass is 10.0. The molecule has 5 nitrogen and oxygen atoms in total. The van der Waals surface area contributed by atoms with Crippen molar-refractivity contribution in [1.82, 2.24) is 5.32 Å². The molecule has 0 fully saturated rings. The second-order valence-electron chi connectivity index (χ2n) is 4.79. The Hall–Kier alpha value is -2.14. The van der Waals surface area contributed by atoms with E-state index in [9.17, 15) is 9.59 Å². The molecule has 0 heterocycles. The summed E-state index contributed by atoms with van der Waals surface area (Å²) in [5.41, 5.74) is 6.80. The summed E-state index contributed by atoms with van der Waals surface area (Å²) in [4.78, 5) is 23.7. The van der Waals surface area contributed by atoms with Gasteiger partial charge in [-0.3, -0.25) is 9.59 Å². The SMILES string of the molecule is C=CCNC(=O)c1ccc(NC(=O)C(CN)CCC)cc1. The Morgan fingerprint density at radius 1 is 1.33 bits per heavy atom. The number of amides is 2. The number of anilines is 1. The van der Waals surface area contributed by atoms with Crippen LogP contribution in [0.2, 0.25) is 0 Å². The maximum absolute atomic E-state index is 12.0. The molecule has 2 amide bonds. The number of nitrogens with two attached hydrogens (primary N) is 1. The molecule has 1 unspecified atom stereocenters. The molecule has 0 aliphatic carbocycles. The van der Waals surface area contributed by atoms with Crippen LogP contribution in [0.3, 0.4) is 0 Å². The first kappa shape index (κ1) is 16.9. The minimum Gasteiger partial charge on any atom is -0.349 e. The number of rotatable bonds is 8. The van der Waals surface area contributed by atoms with Gasteiger partial charge in [0, 0.05) is 24.3 Å². The summed E-state index contributed by atoms with van der Waals surface area (Å²) in [6, 6.07) is 6.76. The van der Waals surface area contributed by atoms with Crippen LogP contribution in [0.15, 0.2) is 36.9 Å². The van der Waals surface area contributed by atoms with Gasteiger partial charge in [0.2, 0.25) is 5.91 Å². The van der Waals surface area contributed by atoms with Crippen LogP contribution < -0.4 is 16.4 Å². The van der Waals surface area contributed by atoms with Gasteiger partial charge in [0.1, 0.15) is 0 Å². The van der Waals surface area contributed by atoms with Crippen molar-refractivity contribution < 1.29 is 9.59 Å². The lowest BCUT2D eigenvalue weighted by Gasteiger charge is -2.14. The van der Waals surface area contributed by atoms with E-state index in [-0.39, 0.29) is 17.7 Å². The molecule has 0 saturated heterocycles. The van der Waals surface area contributed by atoms with Crippen LogP contribution >= 0.6 is 0 Å². The number of hydrogen-bond donors (Lipinski definition) is 3. The minimum absolute atomic E-state index is 0.0804. The van der Waals surface area contributed by atoms with Crippen molar-refractivity contribution in [2.24, 2.45) is 11.7 Å². The fraction of sp³-hybridized carbons (Fsp3) is 0.375. The predicted octanol–water partition coefficient (Wildman–Crippen LogP) is 1.92. The van der Waals surface area contributed by atoms with E-state index in [1.807, 2.05) is 6.92 Å². The molecule has 0 saturated carbocycles. The summed E-state index contributed by atoms with van der Waals surface area (Å²) in [5.74, 6) is -0.424. The van der Waals surface area contributed by atoms with E-state index in [0.29, 0.717) is 24.3 Å². The second-order valence-corrected chi connectivity index (χ2v) is 4.79. The molecule has 114 valence electrons. The monoisotopic (exact) mass is 289 g/mol. The van der Waals surface area contributed by atoms with E-state index in [0.717, 1.165) is 12.8 Å². The van der Waals surface area contributed by atoms with Gasteiger partial charge in [0.05, 0.1) is 5.92 Å². The first-order valence-electron chi connectivity index (χ1n) is 7.12. The molecule has 5 heteroatoms. The van der Waals surface area contributed by atoms with Crippen molar-refractivity contribution in [2.75, 3.05) is 18.4 Å². The van der Waals surface area contributed by atoms with E-state index >= 15 is 0 Å². The largest absolute Gasteiger partial charge is 0.349 e. The Kier molecular flexibility index (Phi) is 7.18. The van der Waals surface area contributed by atoms with Crippen LogP contribution in [0, 0.1) is 5.92 Å². The van der Waals surface area contributed by atoms with Gasteiger partial charge in [-0.05, 0) is 30.7 Å². The van der Waals surface area contributed by atoms with Gasteiger partial charge in [-0.1, -0.05) is 19.4 Å². The minimum atomic E-state index is -0.175. The van der Waals surface area contributed by atoms with Crippen LogP contribution in [0.1, 0.15) is 30.1 Å². The average molecular weight is 289 g/mol. The molecule has 21 heavy (non-hydrogen) atoms. The highest BCUT2D eigenvalue weighted by atomic mass is 16.2. The van der Waals surface area contributed by atoms with Gasteiger partial charge in [-0.15, -0.1) is 6.58 Å². The zero-order valence-electron chi connectivity index (χ0n) is 12.4. The molecule has 0 spiro atoms. The number of benzene rings is 1. The normalized spacial score (nSPS) is 11.5. The van der Waals surface area contributed by atoms with Crippen LogP contribution in [-0.4, -0.2) is 24.9 Å². The molecule has 4 N–H and O–H groups in total. The number of carbonyl (C=O) groups is 2. The highest BCUT2D eigenvalue weighted by molar-refractivity contribution is 5.96. The molecule has 1 rings (SSSR count). The molecule has 1 atom stereocenters. The highest BCUT2D eigenvalue weighted by Crippen LogP contribution is 2.13. The van der Waals surface area contributed by atoms with Crippen molar-refractivity contribution in [1.29, 1.82) is 0 Å². The predicted molar refractivity (Wildman–Crippen MR) is 85.1 cm³/mol. The van der Waals surface area contributed by atoms with Crippen molar-refractivity contribution in [3.05, 3.63) is 42.5 Å². The van der Waals surface area contributed by atoms with E-state index < -0.39 is 0 Å². The number of nitrogens with one attached hydrogen (secondary N) is 2. The van der Waals surface area contributed by atoms with Gasteiger partial charge >= 0.3 is 0 Å². The quantitative estimate of drug-likeness (QED) is 0.639. The summed E-state index contributed by atoms with van der Waals surface area (Å²) in [5, 5.41) is 5.51. The lowest BCUT2D eigenvalue weighted by Crippen LogP contribution is -2.29. The smallest absolute Gasteiger partial charge is 0.251 e. The van der Waals surface area contributed by atoms with E-state index in [2.05, 4.69) is 17.2 Å². The zero-order valence-corrected chi connectivity index (χ0v) is 12.4. The molecule has 0 radical (unpaired) electrons. The Morgan fingerprint density at radius 3 is 2.52 bits per heavy atom. The number of carbonyl (C=O) groups excluding carboxylic acids is 2. The molecule has 0 bridgehead atoms. The molecular weight excluding hydrogens is 266 g/mol. The zero-order chi connectivity index (χ0) is 15.7. The standard InChI is InChI=1S/C16H23N3O2/c1-3-5-13(11-17)16(21)19-14-8-6-12(7-9-14)15(20)18-10-4-2/h4,6-9,13H,2-3,5,10-11,17H2,1H3,(H,18,20)(H,19,21). The van der Waals surface area contributed by atoms with Crippen molar-refractivity contribution in [3.8, 4) is 0 Å². The summed E-state index contributed by atoms with van der Waals surface area (Å²) < 4.78 is 0. The van der Waals surface area contributed by atoms with Crippen molar-refractivity contribution >= 4 is 17.5 Å². The van der Waals surface area contributed by atoms with E-state index in [1.54, 1.807) is 30.3 Å². The van der Waals surface area contributed by atoms with Crippen LogP contribution in [0.25, 0.3) is 0 Å². The summed E-state index contributed by atoms with van der Waals surface area (Å²) in [6.07, 6.45) is 3.30. The lowest BCUT2D eigenvalue weighted by molar-refractivity contribution is -0.119. The van der Waals surface area contributed by atoms with Crippen LogP contribution in [-0.2, 0) is 4.79 Å². The van der Waals surface area contributed by atoms with Crippen LogP contribution in [0.5, 0.6) is 0 Å². The Balaban J connectivity index is 2.63. The third-order valence-corrected chi connectivity index (χ3v) is 3.11. The van der Waals surface area contributed by atoms with Gasteiger partial charge < -0.3 is 16.4 Å². The average Bonchev–Trinajstić information content (AvgIpc) is 2.50. The first-order valence-corrected chi connectivity index (χ1v) is 7.12. The van der Waals surface area contributed by atoms with Crippen molar-refractivity contribution in [2.45, 2.75) is 19.8 Å². The maximum atomic E-state index is 12.0. The topological polar surface area (TPSA) is 84.2 Å². The van der Waals surface area contributed by atoms with E-state index in [1.165, 1.54) is 0 Å². The van der Waals surface area contributed by atoms with Crippen LogP contribution in [0.4, 0.5) is 5.69 Å². The maximum Gasteiger partial charge on any atom is 0.251 e. The molecule has 0 aliphatic rings.